The number of carbonyl (C=O) groups excluding carboxylic acids is 1. The standard InChI is InChI=1S/C9H7F2NO2/c10-9(11)6-4-2-1-3-5(6)7(13)12-8(9)14/h1-4,8,14H,(H,12,13). The van der Waals surface area contributed by atoms with Crippen LogP contribution >= 0.6 is 0 Å². The van der Waals surface area contributed by atoms with Gasteiger partial charge < -0.3 is 10.4 Å². The van der Waals surface area contributed by atoms with Crippen molar-refractivity contribution in [1.29, 1.82) is 0 Å². The molecular weight excluding hydrogens is 192 g/mol. The Labute approximate surface area is 78.4 Å². The minimum atomic E-state index is -3.43. The van der Waals surface area contributed by atoms with E-state index in [-0.39, 0.29) is 5.56 Å². The van der Waals surface area contributed by atoms with Crippen LogP contribution in [0.5, 0.6) is 0 Å². The molecule has 0 saturated heterocycles. The van der Waals surface area contributed by atoms with Gasteiger partial charge in [-0.25, -0.2) is 0 Å². The predicted octanol–water partition coefficient (Wildman–Crippen LogP) is 0.840. The van der Waals surface area contributed by atoms with Crippen molar-refractivity contribution in [2.24, 2.45) is 0 Å². The fraction of sp³-hybridized carbons (Fsp3) is 0.222. The number of carbonyl (C=O) groups is 1. The first-order valence-electron chi connectivity index (χ1n) is 3.99. The topological polar surface area (TPSA) is 49.3 Å². The van der Waals surface area contributed by atoms with Gasteiger partial charge in [0.1, 0.15) is 0 Å². The minimum Gasteiger partial charge on any atom is -0.368 e. The SMILES string of the molecule is O=C1NC(O)C(F)(F)c2ccccc21. The van der Waals surface area contributed by atoms with Gasteiger partial charge in [-0.15, -0.1) is 0 Å². The maximum atomic E-state index is 13.3. The number of alkyl halides is 2. The number of benzene rings is 1. The number of nitrogens with one attached hydrogen (secondary N) is 1. The average molecular weight is 199 g/mol. The second-order valence-corrected chi connectivity index (χ2v) is 3.04. The molecule has 0 aliphatic carbocycles. The number of amides is 1. The number of hydrogen-bond donors (Lipinski definition) is 2. The van der Waals surface area contributed by atoms with Crippen LogP contribution in [0.25, 0.3) is 0 Å². The number of aliphatic hydroxyl groups excluding tert-OH is 1. The van der Waals surface area contributed by atoms with Crippen LogP contribution < -0.4 is 5.32 Å². The fourth-order valence-corrected chi connectivity index (χ4v) is 1.41. The minimum absolute atomic E-state index is 0.0946. The van der Waals surface area contributed by atoms with Crippen molar-refractivity contribution >= 4 is 5.91 Å². The Morgan fingerprint density at radius 3 is 2.71 bits per heavy atom. The lowest BCUT2D eigenvalue weighted by molar-refractivity contribution is -0.128. The molecule has 1 aliphatic heterocycles. The van der Waals surface area contributed by atoms with Gasteiger partial charge in [0.05, 0.1) is 0 Å². The number of aliphatic hydroxyl groups is 1. The van der Waals surface area contributed by atoms with Crippen LogP contribution in [0, 0.1) is 0 Å². The molecule has 0 aromatic heterocycles. The molecule has 1 aliphatic rings. The van der Waals surface area contributed by atoms with Crippen molar-refractivity contribution in [3.05, 3.63) is 35.4 Å². The maximum Gasteiger partial charge on any atom is 0.317 e. The van der Waals surface area contributed by atoms with Crippen LogP contribution in [0.3, 0.4) is 0 Å². The number of halogens is 2. The molecule has 0 fully saturated rings. The molecule has 0 saturated carbocycles. The first-order chi connectivity index (χ1) is 6.53. The molecular formula is C9H7F2NO2. The molecule has 1 amide bonds. The maximum absolute atomic E-state index is 13.3. The Hall–Kier alpha value is -1.49. The van der Waals surface area contributed by atoms with Gasteiger partial charge in [0, 0.05) is 11.1 Å². The van der Waals surface area contributed by atoms with E-state index >= 15 is 0 Å². The molecule has 14 heavy (non-hydrogen) atoms. The van der Waals surface area contributed by atoms with Gasteiger partial charge >= 0.3 is 5.92 Å². The van der Waals surface area contributed by atoms with Crippen LogP contribution in [0.4, 0.5) is 8.78 Å². The van der Waals surface area contributed by atoms with E-state index in [1.54, 1.807) is 5.32 Å². The molecule has 1 aromatic rings. The highest BCUT2D eigenvalue weighted by Crippen LogP contribution is 2.35. The van der Waals surface area contributed by atoms with E-state index in [9.17, 15) is 13.6 Å². The molecule has 1 heterocycles. The summed E-state index contributed by atoms with van der Waals surface area (Å²) in [4.78, 5) is 11.2. The summed E-state index contributed by atoms with van der Waals surface area (Å²) in [6, 6.07) is 5.33. The predicted molar refractivity (Wildman–Crippen MR) is 43.8 cm³/mol. The first-order valence-corrected chi connectivity index (χ1v) is 3.99. The van der Waals surface area contributed by atoms with Crippen molar-refractivity contribution in [3.63, 3.8) is 0 Å². The van der Waals surface area contributed by atoms with Crippen molar-refractivity contribution < 1.29 is 18.7 Å². The van der Waals surface area contributed by atoms with Crippen LogP contribution in [-0.4, -0.2) is 17.2 Å². The molecule has 2 N–H and O–H groups in total. The lowest BCUT2D eigenvalue weighted by Gasteiger charge is -2.29. The summed E-state index contributed by atoms with van der Waals surface area (Å²) in [6.45, 7) is 0. The monoisotopic (exact) mass is 199 g/mol. The molecule has 1 atom stereocenters. The van der Waals surface area contributed by atoms with Crippen molar-refractivity contribution in [2.45, 2.75) is 12.2 Å². The third-order valence-electron chi connectivity index (χ3n) is 2.14. The fourth-order valence-electron chi connectivity index (χ4n) is 1.41. The first kappa shape index (κ1) is 9.08. The van der Waals surface area contributed by atoms with E-state index in [0.29, 0.717) is 0 Å². The molecule has 0 spiro atoms. The van der Waals surface area contributed by atoms with Crippen molar-refractivity contribution in [3.8, 4) is 0 Å². The lowest BCUT2D eigenvalue weighted by atomic mass is 9.96. The zero-order valence-corrected chi connectivity index (χ0v) is 7.00. The van der Waals surface area contributed by atoms with E-state index in [4.69, 9.17) is 5.11 Å². The average Bonchev–Trinajstić information content (AvgIpc) is 2.16. The Bertz CT molecular complexity index is 392. The third-order valence-corrected chi connectivity index (χ3v) is 2.14. The molecule has 1 unspecified atom stereocenters. The van der Waals surface area contributed by atoms with Crippen LogP contribution in [0.2, 0.25) is 0 Å². The van der Waals surface area contributed by atoms with Gasteiger partial charge in [-0.3, -0.25) is 4.79 Å². The summed E-state index contributed by atoms with van der Waals surface area (Å²) in [7, 11) is 0. The van der Waals surface area contributed by atoms with E-state index in [1.807, 2.05) is 0 Å². The van der Waals surface area contributed by atoms with Gasteiger partial charge in [-0.2, -0.15) is 8.78 Å². The van der Waals surface area contributed by atoms with Crippen LogP contribution in [-0.2, 0) is 5.92 Å². The smallest absolute Gasteiger partial charge is 0.317 e. The van der Waals surface area contributed by atoms with Crippen molar-refractivity contribution in [2.75, 3.05) is 0 Å². The van der Waals surface area contributed by atoms with E-state index in [1.165, 1.54) is 18.2 Å². The van der Waals surface area contributed by atoms with Gasteiger partial charge in [0.2, 0.25) is 0 Å². The van der Waals surface area contributed by atoms with Crippen LogP contribution in [0.1, 0.15) is 15.9 Å². The molecule has 5 heteroatoms. The number of hydrogen-bond acceptors (Lipinski definition) is 2. The second-order valence-electron chi connectivity index (χ2n) is 3.04. The van der Waals surface area contributed by atoms with E-state index < -0.39 is 23.6 Å². The van der Waals surface area contributed by atoms with Gasteiger partial charge in [0.25, 0.3) is 5.91 Å². The van der Waals surface area contributed by atoms with Gasteiger partial charge in [-0.1, -0.05) is 18.2 Å². The third kappa shape index (κ3) is 1.09. The largest absolute Gasteiger partial charge is 0.368 e. The summed E-state index contributed by atoms with van der Waals surface area (Å²) in [6.07, 6.45) is -2.15. The highest BCUT2D eigenvalue weighted by atomic mass is 19.3. The summed E-state index contributed by atoms with van der Waals surface area (Å²) in [5.41, 5.74) is -0.529. The highest BCUT2D eigenvalue weighted by Gasteiger charge is 2.47. The molecule has 74 valence electrons. The zero-order valence-electron chi connectivity index (χ0n) is 7.00. The summed E-state index contributed by atoms with van der Waals surface area (Å²) in [5, 5.41) is 10.8. The Balaban J connectivity index is 2.63. The van der Waals surface area contributed by atoms with E-state index in [2.05, 4.69) is 0 Å². The number of rotatable bonds is 0. The second kappa shape index (κ2) is 2.75. The van der Waals surface area contributed by atoms with Gasteiger partial charge in [-0.05, 0) is 6.07 Å². The molecule has 0 radical (unpaired) electrons. The molecule has 3 nitrogen and oxygen atoms in total. The zero-order chi connectivity index (χ0) is 10.3. The summed E-state index contributed by atoms with van der Waals surface area (Å²) < 4.78 is 26.6. The van der Waals surface area contributed by atoms with E-state index in [0.717, 1.165) is 6.07 Å². The van der Waals surface area contributed by atoms with Crippen molar-refractivity contribution in [1.82, 2.24) is 5.32 Å². The lowest BCUT2D eigenvalue weighted by Crippen LogP contribution is -2.51. The Morgan fingerprint density at radius 2 is 2.00 bits per heavy atom. The molecule has 1 aromatic carbocycles. The summed E-state index contributed by atoms with van der Waals surface area (Å²) in [5.74, 6) is -4.11. The summed E-state index contributed by atoms with van der Waals surface area (Å²) >= 11 is 0. The number of fused-ring (bicyclic) bond motifs is 1. The highest BCUT2D eigenvalue weighted by molar-refractivity contribution is 5.97. The quantitative estimate of drug-likeness (QED) is 0.650. The Kier molecular flexibility index (Phi) is 1.78. The van der Waals surface area contributed by atoms with Gasteiger partial charge in [0.15, 0.2) is 6.23 Å². The normalized spacial score (nSPS) is 23.9. The Morgan fingerprint density at radius 1 is 1.36 bits per heavy atom. The molecule has 2 rings (SSSR count). The molecule has 0 bridgehead atoms. The van der Waals surface area contributed by atoms with Crippen LogP contribution in [0.15, 0.2) is 24.3 Å².